The first-order chi connectivity index (χ1) is 7.19. The van der Waals surface area contributed by atoms with Gasteiger partial charge in [0.05, 0.1) is 0 Å². The van der Waals surface area contributed by atoms with E-state index in [0.717, 1.165) is 24.2 Å². The highest BCUT2D eigenvalue weighted by Crippen LogP contribution is 2.32. The van der Waals surface area contributed by atoms with Crippen molar-refractivity contribution in [3.8, 4) is 0 Å². The zero-order chi connectivity index (χ0) is 11.3. The van der Waals surface area contributed by atoms with E-state index in [1.165, 1.54) is 19.3 Å². The summed E-state index contributed by atoms with van der Waals surface area (Å²) in [6.45, 7) is 4.92. The topological polar surface area (TPSA) is 29.1 Å². The highest BCUT2D eigenvalue weighted by molar-refractivity contribution is 9.09. The number of alkyl halides is 1. The molecule has 2 nitrogen and oxygen atoms in total. The third-order valence-electron chi connectivity index (χ3n) is 3.61. The third-order valence-corrected chi connectivity index (χ3v) is 4.44. The summed E-state index contributed by atoms with van der Waals surface area (Å²) >= 11 is 3.55. The van der Waals surface area contributed by atoms with Crippen molar-refractivity contribution >= 4 is 21.8 Å². The lowest BCUT2D eigenvalue weighted by Crippen LogP contribution is -2.34. The molecule has 0 heterocycles. The van der Waals surface area contributed by atoms with Crippen LogP contribution in [-0.2, 0) is 4.79 Å². The zero-order valence-electron chi connectivity index (χ0n) is 9.76. The number of carbonyl (C=O) groups excluding carboxylic acids is 1. The Morgan fingerprint density at radius 2 is 2.13 bits per heavy atom. The molecule has 0 aliphatic heterocycles. The van der Waals surface area contributed by atoms with Crippen LogP contribution in [0.3, 0.4) is 0 Å². The van der Waals surface area contributed by atoms with Gasteiger partial charge < -0.3 is 5.32 Å². The van der Waals surface area contributed by atoms with Crippen LogP contribution in [-0.4, -0.2) is 17.8 Å². The smallest absolute Gasteiger partial charge is 0.222 e. The molecule has 0 radical (unpaired) electrons. The minimum absolute atomic E-state index is 0.161. The van der Waals surface area contributed by atoms with Crippen molar-refractivity contribution in [3.05, 3.63) is 0 Å². The standard InChI is InChI=1S/C12H22BrNO/c1-3-9(2)12(15)14-8-11-6-4-5-10(11)7-13/h9-11H,3-8H2,1-2H3,(H,14,15). The van der Waals surface area contributed by atoms with Crippen LogP contribution in [0.4, 0.5) is 0 Å². The molecule has 1 aliphatic rings. The van der Waals surface area contributed by atoms with E-state index in [1.54, 1.807) is 0 Å². The minimum atomic E-state index is 0.161. The lowest BCUT2D eigenvalue weighted by atomic mass is 9.98. The molecule has 88 valence electrons. The Morgan fingerprint density at radius 3 is 2.73 bits per heavy atom. The number of hydrogen-bond acceptors (Lipinski definition) is 1. The summed E-state index contributed by atoms with van der Waals surface area (Å²) < 4.78 is 0. The first kappa shape index (κ1) is 13.0. The zero-order valence-corrected chi connectivity index (χ0v) is 11.3. The summed E-state index contributed by atoms with van der Waals surface area (Å²) in [5, 5.41) is 4.16. The SMILES string of the molecule is CCC(C)C(=O)NCC1CCCC1CBr. The Kier molecular flexibility index (Phi) is 5.65. The van der Waals surface area contributed by atoms with Gasteiger partial charge in [-0.05, 0) is 31.1 Å². The van der Waals surface area contributed by atoms with Crippen molar-refractivity contribution in [2.75, 3.05) is 11.9 Å². The highest BCUT2D eigenvalue weighted by atomic mass is 79.9. The molecule has 1 N–H and O–H groups in total. The monoisotopic (exact) mass is 275 g/mol. The van der Waals surface area contributed by atoms with Gasteiger partial charge in [-0.25, -0.2) is 0 Å². The van der Waals surface area contributed by atoms with Crippen LogP contribution >= 0.6 is 15.9 Å². The number of nitrogens with one attached hydrogen (secondary N) is 1. The first-order valence-corrected chi connectivity index (χ1v) is 7.14. The predicted octanol–water partition coefficient (Wildman–Crippen LogP) is 2.96. The molecular formula is C12H22BrNO. The number of halogens is 1. The number of hydrogen-bond donors (Lipinski definition) is 1. The van der Waals surface area contributed by atoms with Gasteiger partial charge in [-0.1, -0.05) is 36.2 Å². The Bertz CT molecular complexity index is 208. The van der Waals surface area contributed by atoms with Gasteiger partial charge in [-0.3, -0.25) is 4.79 Å². The van der Waals surface area contributed by atoms with Crippen LogP contribution in [0.15, 0.2) is 0 Å². The molecular weight excluding hydrogens is 254 g/mol. The molecule has 3 atom stereocenters. The normalized spacial score (nSPS) is 27.7. The fraction of sp³-hybridized carbons (Fsp3) is 0.917. The Morgan fingerprint density at radius 1 is 1.47 bits per heavy atom. The Hall–Kier alpha value is -0.0500. The van der Waals surface area contributed by atoms with Crippen LogP contribution in [0.1, 0.15) is 39.5 Å². The molecule has 1 rings (SSSR count). The largest absolute Gasteiger partial charge is 0.356 e. The van der Waals surface area contributed by atoms with E-state index in [0.29, 0.717) is 5.92 Å². The van der Waals surface area contributed by atoms with Crippen LogP contribution < -0.4 is 5.32 Å². The van der Waals surface area contributed by atoms with Gasteiger partial charge in [0.2, 0.25) is 5.91 Å². The molecule has 1 amide bonds. The van der Waals surface area contributed by atoms with Gasteiger partial charge in [-0.2, -0.15) is 0 Å². The molecule has 0 aromatic heterocycles. The molecule has 1 saturated carbocycles. The summed E-state index contributed by atoms with van der Waals surface area (Å²) in [4.78, 5) is 11.6. The maximum absolute atomic E-state index is 11.6. The highest BCUT2D eigenvalue weighted by Gasteiger charge is 2.26. The van der Waals surface area contributed by atoms with Gasteiger partial charge in [0.1, 0.15) is 0 Å². The maximum atomic E-state index is 11.6. The Balaban J connectivity index is 2.27. The van der Waals surface area contributed by atoms with Crippen LogP contribution in [0.2, 0.25) is 0 Å². The second-order valence-corrected chi connectivity index (χ2v) is 5.31. The van der Waals surface area contributed by atoms with Gasteiger partial charge in [-0.15, -0.1) is 0 Å². The molecule has 3 heteroatoms. The van der Waals surface area contributed by atoms with E-state index < -0.39 is 0 Å². The van der Waals surface area contributed by atoms with E-state index in [2.05, 4.69) is 28.2 Å². The fourth-order valence-electron chi connectivity index (χ4n) is 2.18. The van der Waals surface area contributed by atoms with Crippen molar-refractivity contribution < 1.29 is 4.79 Å². The molecule has 15 heavy (non-hydrogen) atoms. The molecule has 0 bridgehead atoms. The van der Waals surface area contributed by atoms with E-state index in [4.69, 9.17) is 0 Å². The lowest BCUT2D eigenvalue weighted by molar-refractivity contribution is -0.124. The van der Waals surface area contributed by atoms with Gasteiger partial charge in [0.15, 0.2) is 0 Å². The van der Waals surface area contributed by atoms with Gasteiger partial charge in [0.25, 0.3) is 0 Å². The van der Waals surface area contributed by atoms with Crippen molar-refractivity contribution in [2.45, 2.75) is 39.5 Å². The van der Waals surface area contributed by atoms with E-state index in [-0.39, 0.29) is 11.8 Å². The summed E-state index contributed by atoms with van der Waals surface area (Å²) in [5.74, 6) is 1.84. The molecule has 1 fully saturated rings. The second-order valence-electron chi connectivity index (χ2n) is 4.66. The maximum Gasteiger partial charge on any atom is 0.222 e. The van der Waals surface area contributed by atoms with Crippen LogP contribution in [0.5, 0.6) is 0 Å². The number of amides is 1. The molecule has 0 saturated heterocycles. The van der Waals surface area contributed by atoms with E-state index in [1.807, 2.05) is 6.92 Å². The van der Waals surface area contributed by atoms with Crippen molar-refractivity contribution in [3.63, 3.8) is 0 Å². The van der Waals surface area contributed by atoms with E-state index >= 15 is 0 Å². The molecule has 3 unspecified atom stereocenters. The average Bonchev–Trinajstić information content (AvgIpc) is 2.71. The summed E-state index contributed by atoms with van der Waals surface area (Å²) in [7, 11) is 0. The molecule has 0 spiro atoms. The lowest BCUT2D eigenvalue weighted by Gasteiger charge is -2.19. The van der Waals surface area contributed by atoms with Crippen molar-refractivity contribution in [2.24, 2.45) is 17.8 Å². The third kappa shape index (κ3) is 3.78. The summed E-state index contributed by atoms with van der Waals surface area (Å²) in [5.41, 5.74) is 0. The number of carbonyl (C=O) groups is 1. The average molecular weight is 276 g/mol. The summed E-state index contributed by atoms with van der Waals surface area (Å²) in [6.07, 6.45) is 4.84. The molecule has 0 aromatic rings. The predicted molar refractivity (Wildman–Crippen MR) is 67.1 cm³/mol. The quantitative estimate of drug-likeness (QED) is 0.768. The summed E-state index contributed by atoms with van der Waals surface area (Å²) in [6, 6.07) is 0. The van der Waals surface area contributed by atoms with Crippen LogP contribution in [0, 0.1) is 17.8 Å². The van der Waals surface area contributed by atoms with Crippen molar-refractivity contribution in [1.29, 1.82) is 0 Å². The Labute approximate surface area is 101 Å². The second kappa shape index (κ2) is 6.51. The molecule has 0 aromatic carbocycles. The van der Waals surface area contributed by atoms with Gasteiger partial charge in [0, 0.05) is 17.8 Å². The number of rotatable bonds is 5. The van der Waals surface area contributed by atoms with E-state index in [9.17, 15) is 4.79 Å². The molecule has 1 aliphatic carbocycles. The minimum Gasteiger partial charge on any atom is -0.356 e. The first-order valence-electron chi connectivity index (χ1n) is 6.02. The fourth-order valence-corrected chi connectivity index (χ4v) is 3.03. The van der Waals surface area contributed by atoms with Gasteiger partial charge >= 0.3 is 0 Å². The van der Waals surface area contributed by atoms with Crippen LogP contribution in [0.25, 0.3) is 0 Å². The van der Waals surface area contributed by atoms with Crippen molar-refractivity contribution in [1.82, 2.24) is 5.32 Å².